The molecule has 18 heavy (non-hydrogen) atoms. The molecule has 0 unspecified atom stereocenters. The van der Waals surface area contributed by atoms with Crippen molar-refractivity contribution >= 4 is 39.1 Å². The van der Waals surface area contributed by atoms with Crippen LogP contribution in [-0.4, -0.2) is 16.5 Å². The second-order valence-corrected chi connectivity index (χ2v) is 6.07. The highest BCUT2D eigenvalue weighted by Crippen LogP contribution is 2.32. The minimum atomic E-state index is -0.00859. The van der Waals surface area contributed by atoms with Crippen molar-refractivity contribution in [1.82, 2.24) is 9.88 Å². The van der Waals surface area contributed by atoms with Crippen LogP contribution in [0.25, 0.3) is 10.2 Å². The van der Waals surface area contributed by atoms with Gasteiger partial charge in [-0.05, 0) is 32.4 Å². The molecule has 2 aromatic rings. The molecule has 0 bridgehead atoms. The van der Waals surface area contributed by atoms with E-state index >= 15 is 0 Å². The van der Waals surface area contributed by atoms with E-state index in [9.17, 15) is 4.79 Å². The molecule has 98 valence electrons. The number of fused-ring (bicyclic) bond motifs is 1. The monoisotopic (exact) mass is 284 g/mol. The van der Waals surface area contributed by atoms with Gasteiger partial charge < -0.3 is 9.88 Å². The first-order chi connectivity index (χ1) is 8.56. The van der Waals surface area contributed by atoms with Gasteiger partial charge in [0.1, 0.15) is 5.69 Å². The van der Waals surface area contributed by atoms with Crippen molar-refractivity contribution in [2.45, 2.75) is 39.8 Å². The first-order valence-electron chi connectivity index (χ1n) is 6.16. The van der Waals surface area contributed by atoms with Gasteiger partial charge in [-0.15, -0.1) is 11.3 Å². The Morgan fingerprint density at radius 1 is 1.50 bits per heavy atom. The van der Waals surface area contributed by atoms with Gasteiger partial charge in [-0.1, -0.05) is 18.5 Å². The highest BCUT2D eigenvalue weighted by molar-refractivity contribution is 7.22. The molecule has 0 aliphatic carbocycles. The zero-order chi connectivity index (χ0) is 13.3. The Bertz CT molecular complexity index is 573. The lowest BCUT2D eigenvalue weighted by molar-refractivity contribution is 0.0930. The maximum atomic E-state index is 12.2. The van der Waals surface area contributed by atoms with Crippen LogP contribution in [0.3, 0.4) is 0 Å². The minimum Gasteiger partial charge on any atom is -0.348 e. The van der Waals surface area contributed by atoms with Crippen LogP contribution in [0.1, 0.15) is 37.7 Å². The summed E-state index contributed by atoms with van der Waals surface area (Å²) in [6, 6.07) is 4.04. The van der Waals surface area contributed by atoms with Crippen LogP contribution in [-0.2, 0) is 6.54 Å². The highest BCUT2D eigenvalue weighted by Gasteiger charge is 2.17. The second-order valence-electron chi connectivity index (χ2n) is 4.36. The lowest BCUT2D eigenvalue weighted by atomic mass is 10.2. The van der Waals surface area contributed by atoms with Crippen LogP contribution in [0.4, 0.5) is 0 Å². The van der Waals surface area contributed by atoms with Gasteiger partial charge in [-0.2, -0.15) is 0 Å². The van der Waals surface area contributed by atoms with Crippen molar-refractivity contribution in [2.75, 3.05) is 0 Å². The molecule has 0 radical (unpaired) electrons. The first kappa shape index (κ1) is 13.4. The number of rotatable bonds is 4. The van der Waals surface area contributed by atoms with Gasteiger partial charge in [0.2, 0.25) is 0 Å². The molecule has 1 atom stereocenters. The average molecular weight is 285 g/mol. The second kappa shape index (κ2) is 5.33. The van der Waals surface area contributed by atoms with E-state index in [0.717, 1.165) is 33.2 Å². The quantitative estimate of drug-likeness (QED) is 0.908. The smallest absolute Gasteiger partial charge is 0.268 e. The molecular weight excluding hydrogens is 268 g/mol. The Balaban J connectivity index is 2.38. The third kappa shape index (κ3) is 2.40. The van der Waals surface area contributed by atoms with E-state index in [1.807, 2.05) is 30.5 Å². The fourth-order valence-corrected chi connectivity index (χ4v) is 3.12. The number of halogens is 1. The van der Waals surface area contributed by atoms with Crippen molar-refractivity contribution in [3.05, 3.63) is 22.2 Å². The molecule has 1 N–H and O–H groups in total. The molecule has 2 rings (SSSR count). The molecule has 1 amide bonds. The molecular formula is C13H17ClN2OS. The maximum Gasteiger partial charge on any atom is 0.268 e. The summed E-state index contributed by atoms with van der Waals surface area (Å²) in [6.07, 6.45) is 0.929. The van der Waals surface area contributed by atoms with Crippen molar-refractivity contribution < 1.29 is 4.79 Å². The molecule has 0 aromatic carbocycles. The molecule has 0 spiro atoms. The Morgan fingerprint density at radius 2 is 2.22 bits per heavy atom. The lowest BCUT2D eigenvalue weighted by Crippen LogP contribution is -2.33. The van der Waals surface area contributed by atoms with Gasteiger partial charge in [0.05, 0.1) is 14.6 Å². The summed E-state index contributed by atoms with van der Waals surface area (Å²) in [4.78, 5) is 12.2. The number of nitrogens with one attached hydrogen (secondary N) is 1. The van der Waals surface area contributed by atoms with Crippen LogP contribution >= 0.6 is 22.9 Å². The molecule has 0 aliphatic heterocycles. The summed E-state index contributed by atoms with van der Waals surface area (Å²) in [5, 5.41) is 3.00. The third-order valence-electron chi connectivity index (χ3n) is 3.10. The van der Waals surface area contributed by atoms with E-state index in [0.29, 0.717) is 0 Å². The molecule has 0 fully saturated rings. The fourth-order valence-electron chi connectivity index (χ4n) is 1.94. The van der Waals surface area contributed by atoms with E-state index in [1.54, 1.807) is 0 Å². The number of carbonyl (C=O) groups is 1. The molecule has 2 aromatic heterocycles. The third-order valence-corrected chi connectivity index (χ3v) is 4.30. The summed E-state index contributed by atoms with van der Waals surface area (Å²) in [7, 11) is 0. The normalized spacial score (nSPS) is 12.9. The van der Waals surface area contributed by atoms with E-state index in [4.69, 9.17) is 11.6 Å². The maximum absolute atomic E-state index is 12.2. The number of aryl methyl sites for hydroxylation is 1. The topological polar surface area (TPSA) is 34.0 Å². The zero-order valence-corrected chi connectivity index (χ0v) is 12.4. The number of carbonyl (C=O) groups excluding carboxylic acids is 1. The Morgan fingerprint density at radius 3 is 2.83 bits per heavy atom. The lowest BCUT2D eigenvalue weighted by Gasteiger charge is -2.12. The van der Waals surface area contributed by atoms with Crippen LogP contribution in [0.5, 0.6) is 0 Å². The van der Waals surface area contributed by atoms with Gasteiger partial charge in [-0.25, -0.2) is 0 Å². The van der Waals surface area contributed by atoms with E-state index in [1.165, 1.54) is 11.3 Å². The van der Waals surface area contributed by atoms with Crippen molar-refractivity contribution in [1.29, 1.82) is 0 Å². The minimum absolute atomic E-state index is 0.00859. The van der Waals surface area contributed by atoms with E-state index in [2.05, 4.69) is 12.2 Å². The first-order valence-corrected chi connectivity index (χ1v) is 7.35. The summed E-state index contributed by atoms with van der Waals surface area (Å²) >= 11 is 7.51. The fraction of sp³-hybridized carbons (Fsp3) is 0.462. The molecule has 0 saturated heterocycles. The number of thiophene rings is 1. The van der Waals surface area contributed by atoms with Gasteiger partial charge in [0.15, 0.2) is 0 Å². The molecule has 0 saturated carbocycles. The SMILES string of the molecule is CC[C@@H](C)NC(=O)c1cc2sc(Cl)cc2n1CC. The van der Waals surface area contributed by atoms with E-state index < -0.39 is 0 Å². The van der Waals surface area contributed by atoms with Gasteiger partial charge in [0.25, 0.3) is 5.91 Å². The van der Waals surface area contributed by atoms with Gasteiger partial charge in [0, 0.05) is 12.6 Å². The zero-order valence-electron chi connectivity index (χ0n) is 10.8. The average Bonchev–Trinajstić information content (AvgIpc) is 2.84. The summed E-state index contributed by atoms with van der Waals surface area (Å²) in [6.45, 7) is 6.86. The predicted molar refractivity (Wildman–Crippen MR) is 77.7 cm³/mol. The predicted octanol–water partition coefficient (Wildman–Crippen LogP) is 3.90. The molecule has 3 nitrogen and oxygen atoms in total. The Labute approximate surface area is 116 Å². The van der Waals surface area contributed by atoms with Crippen molar-refractivity contribution in [3.8, 4) is 0 Å². The van der Waals surface area contributed by atoms with Crippen LogP contribution in [0, 0.1) is 0 Å². The molecule has 2 heterocycles. The summed E-state index contributed by atoms with van der Waals surface area (Å²) < 4.78 is 3.84. The van der Waals surface area contributed by atoms with Gasteiger partial charge in [-0.3, -0.25) is 4.79 Å². The highest BCUT2D eigenvalue weighted by atomic mass is 35.5. The largest absolute Gasteiger partial charge is 0.348 e. The van der Waals surface area contributed by atoms with Gasteiger partial charge >= 0.3 is 0 Å². The van der Waals surface area contributed by atoms with Crippen molar-refractivity contribution in [3.63, 3.8) is 0 Å². The summed E-state index contributed by atoms with van der Waals surface area (Å²) in [5.41, 5.74) is 1.76. The number of amides is 1. The van der Waals surface area contributed by atoms with Crippen LogP contribution < -0.4 is 5.32 Å². The van der Waals surface area contributed by atoms with E-state index in [-0.39, 0.29) is 11.9 Å². The number of aromatic nitrogens is 1. The number of hydrogen-bond donors (Lipinski definition) is 1. The Hall–Kier alpha value is -1.00. The standard InChI is InChI=1S/C13H17ClN2OS/c1-4-8(3)15-13(17)10-6-11-9(16(10)5-2)7-12(14)18-11/h6-8H,4-5H2,1-3H3,(H,15,17)/t8-/m1/s1. The number of nitrogens with zero attached hydrogens (tertiary/aromatic N) is 1. The molecule has 5 heteroatoms. The summed E-state index contributed by atoms with van der Waals surface area (Å²) in [5.74, 6) is -0.00859. The molecule has 0 aliphatic rings. The number of hydrogen-bond acceptors (Lipinski definition) is 2. The van der Waals surface area contributed by atoms with Crippen LogP contribution in [0.2, 0.25) is 4.34 Å². The Kier molecular flexibility index (Phi) is 3.97. The van der Waals surface area contributed by atoms with Crippen molar-refractivity contribution in [2.24, 2.45) is 0 Å². The van der Waals surface area contributed by atoms with Crippen LogP contribution in [0.15, 0.2) is 12.1 Å².